The molecule has 0 unspecified atom stereocenters. The van der Waals surface area contributed by atoms with E-state index in [-0.39, 0.29) is 24.6 Å². The van der Waals surface area contributed by atoms with Crippen LogP contribution in [0, 0.1) is 0 Å². The fourth-order valence-electron chi connectivity index (χ4n) is 4.42. The number of carbonyl (C=O) groups excluding carboxylic acids is 1. The fourth-order valence-corrected chi connectivity index (χ4v) is 4.42. The number of benzene rings is 1. The third kappa shape index (κ3) is 3.75. The van der Waals surface area contributed by atoms with Gasteiger partial charge in [0, 0.05) is 49.0 Å². The molecule has 0 atom stereocenters. The highest BCUT2D eigenvalue weighted by Gasteiger charge is 2.33. The number of hydrogen-bond acceptors (Lipinski definition) is 6. The second-order valence-corrected chi connectivity index (χ2v) is 8.36. The van der Waals surface area contributed by atoms with Gasteiger partial charge in [-0.25, -0.2) is 9.59 Å². The van der Waals surface area contributed by atoms with Gasteiger partial charge in [-0.15, -0.1) is 5.10 Å². The van der Waals surface area contributed by atoms with Gasteiger partial charge >= 0.3 is 12.2 Å². The van der Waals surface area contributed by atoms with Gasteiger partial charge in [0.15, 0.2) is 5.82 Å². The number of nitrogens with zero attached hydrogens (tertiary/aromatic N) is 5. The summed E-state index contributed by atoms with van der Waals surface area (Å²) >= 11 is 0. The van der Waals surface area contributed by atoms with E-state index < -0.39 is 18.1 Å². The Hall–Kier alpha value is -3.60. The Bertz CT molecular complexity index is 1070. The van der Waals surface area contributed by atoms with Crippen molar-refractivity contribution in [3.8, 4) is 0 Å². The van der Waals surface area contributed by atoms with Crippen molar-refractivity contribution in [3.63, 3.8) is 0 Å². The first-order chi connectivity index (χ1) is 15.4. The van der Waals surface area contributed by atoms with Crippen molar-refractivity contribution >= 4 is 29.6 Å². The van der Waals surface area contributed by atoms with Crippen molar-refractivity contribution in [3.05, 3.63) is 41.1 Å². The van der Waals surface area contributed by atoms with Crippen LogP contribution < -0.4 is 10.2 Å². The third-order valence-corrected chi connectivity index (χ3v) is 6.34. The number of hydrogen-bond donors (Lipinski definition) is 3. The van der Waals surface area contributed by atoms with E-state index in [1.807, 2.05) is 12.1 Å². The zero-order chi connectivity index (χ0) is 22.4. The molecule has 1 aromatic carbocycles. The SMILES string of the molecule is O=C(Nc1nn(C(=O)O)c2c1CN(C(=O)O)C2)c1ccc(N2CCN(C3CC3)CC2)cc1. The molecule has 1 aliphatic carbocycles. The van der Waals surface area contributed by atoms with Gasteiger partial charge in [0.25, 0.3) is 5.91 Å². The van der Waals surface area contributed by atoms with Gasteiger partial charge in [-0.1, -0.05) is 0 Å². The molecule has 0 radical (unpaired) electrons. The highest BCUT2D eigenvalue weighted by Crippen LogP contribution is 2.30. The first kappa shape index (κ1) is 20.3. The summed E-state index contributed by atoms with van der Waals surface area (Å²) in [5, 5.41) is 25.2. The lowest BCUT2D eigenvalue weighted by Gasteiger charge is -2.36. The van der Waals surface area contributed by atoms with Crippen LogP contribution in [0.2, 0.25) is 0 Å². The van der Waals surface area contributed by atoms with Crippen molar-refractivity contribution in [1.82, 2.24) is 19.6 Å². The number of piperazine rings is 1. The molecule has 2 amide bonds. The molecule has 2 fully saturated rings. The Morgan fingerprint density at radius 1 is 0.938 bits per heavy atom. The molecule has 11 heteroatoms. The Morgan fingerprint density at radius 2 is 1.62 bits per heavy atom. The highest BCUT2D eigenvalue weighted by molar-refractivity contribution is 6.04. The highest BCUT2D eigenvalue weighted by atomic mass is 16.4. The molecule has 3 heterocycles. The van der Waals surface area contributed by atoms with Crippen LogP contribution in [0.15, 0.2) is 24.3 Å². The summed E-state index contributed by atoms with van der Waals surface area (Å²) in [5.41, 5.74) is 2.12. The maximum Gasteiger partial charge on any atom is 0.432 e. The van der Waals surface area contributed by atoms with E-state index in [9.17, 15) is 24.6 Å². The fraction of sp³-hybridized carbons (Fsp3) is 0.429. The molecule has 1 aromatic heterocycles. The van der Waals surface area contributed by atoms with Crippen LogP contribution >= 0.6 is 0 Å². The minimum atomic E-state index is -1.33. The number of carbonyl (C=O) groups is 3. The van der Waals surface area contributed by atoms with Crippen molar-refractivity contribution in [2.45, 2.75) is 32.0 Å². The molecule has 32 heavy (non-hydrogen) atoms. The minimum Gasteiger partial charge on any atom is -0.465 e. The van der Waals surface area contributed by atoms with E-state index >= 15 is 0 Å². The number of amides is 2. The molecule has 5 rings (SSSR count). The Balaban J connectivity index is 1.27. The number of carboxylic acid groups (broad SMARTS) is 2. The molecule has 0 spiro atoms. The summed E-state index contributed by atoms with van der Waals surface area (Å²) in [5.74, 6) is -0.363. The van der Waals surface area contributed by atoms with E-state index in [1.54, 1.807) is 12.1 Å². The summed E-state index contributed by atoms with van der Waals surface area (Å²) in [4.78, 5) is 41.4. The average molecular weight is 440 g/mol. The van der Waals surface area contributed by atoms with Crippen molar-refractivity contribution in [1.29, 1.82) is 0 Å². The molecule has 3 aliphatic rings. The van der Waals surface area contributed by atoms with Gasteiger partial charge in [-0.05, 0) is 37.1 Å². The van der Waals surface area contributed by atoms with Gasteiger partial charge in [-0.3, -0.25) is 14.6 Å². The molecule has 0 bridgehead atoms. The number of fused-ring (bicyclic) bond motifs is 1. The summed E-state index contributed by atoms with van der Waals surface area (Å²) < 4.78 is 0.721. The molecule has 1 saturated heterocycles. The van der Waals surface area contributed by atoms with E-state index in [0.29, 0.717) is 11.1 Å². The average Bonchev–Trinajstić information content (AvgIpc) is 3.45. The van der Waals surface area contributed by atoms with E-state index in [4.69, 9.17) is 0 Å². The van der Waals surface area contributed by atoms with Crippen LogP contribution in [-0.4, -0.2) is 80.1 Å². The van der Waals surface area contributed by atoms with Crippen LogP contribution in [0.3, 0.4) is 0 Å². The number of rotatable bonds is 4. The van der Waals surface area contributed by atoms with Gasteiger partial charge in [-0.2, -0.15) is 4.68 Å². The summed E-state index contributed by atoms with van der Waals surface area (Å²) in [7, 11) is 0. The topological polar surface area (TPSA) is 131 Å². The monoisotopic (exact) mass is 440 g/mol. The molecule has 168 valence electrons. The summed E-state index contributed by atoms with van der Waals surface area (Å²) in [6, 6.07) is 8.06. The first-order valence-corrected chi connectivity index (χ1v) is 10.6. The maximum atomic E-state index is 12.8. The van der Waals surface area contributed by atoms with Gasteiger partial charge in [0.2, 0.25) is 0 Å². The van der Waals surface area contributed by atoms with Gasteiger partial charge in [0.05, 0.1) is 18.8 Å². The number of nitrogens with one attached hydrogen (secondary N) is 1. The lowest BCUT2D eigenvalue weighted by molar-refractivity contribution is 0.102. The van der Waals surface area contributed by atoms with Crippen molar-refractivity contribution in [2.75, 3.05) is 36.4 Å². The first-order valence-electron chi connectivity index (χ1n) is 10.6. The quantitative estimate of drug-likeness (QED) is 0.657. The molecule has 2 aliphatic heterocycles. The van der Waals surface area contributed by atoms with Gasteiger partial charge in [0.1, 0.15) is 0 Å². The summed E-state index contributed by atoms with van der Waals surface area (Å²) in [6.07, 6.45) is 0.127. The standard InChI is InChI=1S/C21H24N6O5/c28-19(22-18-16-11-26(20(29)30)12-17(16)27(23-18)21(31)32)13-1-3-14(4-2-13)24-7-9-25(10-8-24)15-5-6-15/h1-4,15H,5-12H2,(H,29,30)(H,31,32)(H,22,23,28). The second kappa shape index (κ2) is 7.83. The van der Waals surface area contributed by atoms with Crippen LogP contribution in [-0.2, 0) is 13.1 Å². The van der Waals surface area contributed by atoms with E-state index in [1.165, 1.54) is 12.8 Å². The minimum absolute atomic E-state index is 0.0284. The van der Waals surface area contributed by atoms with Crippen molar-refractivity contribution < 1.29 is 24.6 Å². The lowest BCUT2D eigenvalue weighted by atomic mass is 10.1. The number of anilines is 2. The normalized spacial score (nSPS) is 18.5. The maximum absolute atomic E-state index is 12.8. The van der Waals surface area contributed by atoms with Crippen LogP contribution in [0.5, 0.6) is 0 Å². The zero-order valence-corrected chi connectivity index (χ0v) is 17.4. The van der Waals surface area contributed by atoms with Crippen LogP contribution in [0.1, 0.15) is 34.5 Å². The smallest absolute Gasteiger partial charge is 0.432 e. The molecule has 3 N–H and O–H groups in total. The second-order valence-electron chi connectivity index (χ2n) is 8.36. The van der Waals surface area contributed by atoms with Crippen molar-refractivity contribution in [2.24, 2.45) is 0 Å². The number of aromatic nitrogens is 2. The predicted octanol–water partition coefficient (Wildman–Crippen LogP) is 1.94. The Morgan fingerprint density at radius 3 is 2.22 bits per heavy atom. The lowest BCUT2D eigenvalue weighted by Crippen LogP contribution is -2.47. The summed E-state index contributed by atoms with van der Waals surface area (Å²) in [6.45, 7) is 3.90. The van der Waals surface area contributed by atoms with Gasteiger partial charge < -0.3 is 20.4 Å². The zero-order valence-electron chi connectivity index (χ0n) is 17.4. The molecular formula is C21H24N6O5. The Kier molecular flexibility index (Phi) is 4.97. The molecule has 2 aromatic rings. The Labute approximate surface area is 183 Å². The largest absolute Gasteiger partial charge is 0.465 e. The molecule has 1 saturated carbocycles. The molecular weight excluding hydrogens is 416 g/mol. The predicted molar refractivity (Wildman–Crippen MR) is 114 cm³/mol. The third-order valence-electron chi connectivity index (χ3n) is 6.34. The molecule has 11 nitrogen and oxygen atoms in total. The van der Waals surface area contributed by atoms with E-state index in [2.05, 4.69) is 20.2 Å². The van der Waals surface area contributed by atoms with E-state index in [0.717, 1.165) is 47.5 Å². The van der Waals surface area contributed by atoms with Crippen LogP contribution in [0.25, 0.3) is 0 Å². The van der Waals surface area contributed by atoms with Crippen LogP contribution in [0.4, 0.5) is 21.1 Å².